The Labute approximate surface area is 263 Å². The summed E-state index contributed by atoms with van der Waals surface area (Å²) in [4.78, 5) is 74.6. The van der Waals surface area contributed by atoms with Crippen molar-refractivity contribution in [3.8, 4) is 11.5 Å². The van der Waals surface area contributed by atoms with Crippen molar-refractivity contribution in [3.05, 3.63) is 46.5 Å². The summed E-state index contributed by atoms with van der Waals surface area (Å²) in [6, 6.07) is 3.22. The molecule has 0 unspecified atom stereocenters. The second-order valence-corrected chi connectivity index (χ2v) is 11.2. The number of phenols is 2. The van der Waals surface area contributed by atoms with Crippen molar-refractivity contribution in [3.63, 3.8) is 0 Å². The van der Waals surface area contributed by atoms with E-state index in [1.807, 2.05) is 0 Å². The van der Waals surface area contributed by atoms with E-state index in [0.29, 0.717) is 0 Å². The first-order valence-electron chi connectivity index (χ1n) is 14.5. The highest BCUT2D eigenvalue weighted by Gasteiger charge is 2.38. The van der Waals surface area contributed by atoms with Crippen LogP contribution in [0.15, 0.2) is 24.3 Å². The maximum atomic E-state index is 13.7. The lowest BCUT2D eigenvalue weighted by molar-refractivity contribution is -0.124. The first-order chi connectivity index (χ1) is 21.6. The number of anilines is 2. The highest BCUT2D eigenvalue weighted by atomic mass is 16.4. The summed E-state index contributed by atoms with van der Waals surface area (Å²) < 4.78 is 0. The fourth-order valence-electron chi connectivity index (χ4n) is 4.98. The number of hydrogen-bond donors (Lipinski definition) is 10. The first kappa shape index (κ1) is 34.9. The van der Waals surface area contributed by atoms with E-state index >= 15 is 0 Å². The SMILES string of the molecule is CC(C)[C@H](NC(=O)O)C(=O)NCCNc1ccc(NCCNC(=O)[C@@H](NC(=O)O)C(C)C)c2c1C(=O)c1c(O)ccc(O)c1C2=O. The highest BCUT2D eigenvalue weighted by Crippen LogP contribution is 2.42. The molecule has 0 saturated heterocycles. The number of aromatic hydroxyl groups is 2. The Kier molecular flexibility index (Phi) is 11.4. The number of carbonyl (C=O) groups excluding carboxylic acids is 4. The van der Waals surface area contributed by atoms with Gasteiger partial charge in [-0.15, -0.1) is 0 Å². The molecule has 0 radical (unpaired) electrons. The Morgan fingerprint density at radius 3 is 1.24 bits per heavy atom. The molecular formula is C30H38N6O10. The number of hydrogen-bond acceptors (Lipinski definition) is 10. The van der Waals surface area contributed by atoms with E-state index in [2.05, 4.69) is 31.9 Å². The molecule has 4 amide bonds. The van der Waals surface area contributed by atoms with Crippen molar-refractivity contribution in [2.45, 2.75) is 39.8 Å². The zero-order valence-electron chi connectivity index (χ0n) is 25.7. The molecule has 2 atom stereocenters. The summed E-state index contributed by atoms with van der Waals surface area (Å²) in [5, 5.41) is 54.5. The molecule has 248 valence electrons. The summed E-state index contributed by atoms with van der Waals surface area (Å²) in [6.45, 7) is 6.91. The molecule has 0 aromatic heterocycles. The molecule has 0 aliphatic heterocycles. The van der Waals surface area contributed by atoms with Gasteiger partial charge in [0.05, 0.1) is 22.3 Å². The first-order valence-corrected chi connectivity index (χ1v) is 14.5. The maximum Gasteiger partial charge on any atom is 0.405 e. The summed E-state index contributed by atoms with van der Waals surface area (Å²) in [6.07, 6.45) is -2.69. The number of fused-ring (bicyclic) bond motifs is 2. The van der Waals surface area contributed by atoms with Crippen molar-refractivity contribution < 1.29 is 49.2 Å². The van der Waals surface area contributed by atoms with Gasteiger partial charge in [-0.1, -0.05) is 27.7 Å². The van der Waals surface area contributed by atoms with E-state index in [4.69, 9.17) is 10.2 Å². The van der Waals surface area contributed by atoms with Crippen LogP contribution in [0, 0.1) is 11.8 Å². The minimum atomic E-state index is -1.35. The van der Waals surface area contributed by atoms with Crippen LogP contribution in [0.2, 0.25) is 0 Å². The number of carboxylic acid groups (broad SMARTS) is 2. The van der Waals surface area contributed by atoms with Gasteiger partial charge in [0, 0.05) is 37.6 Å². The Hall–Kier alpha value is -5.54. The van der Waals surface area contributed by atoms with E-state index in [0.717, 1.165) is 12.1 Å². The zero-order chi connectivity index (χ0) is 34.3. The minimum absolute atomic E-state index is 0.0245. The van der Waals surface area contributed by atoms with E-state index < -0.39 is 59.2 Å². The predicted molar refractivity (Wildman–Crippen MR) is 166 cm³/mol. The number of rotatable bonds is 14. The lowest BCUT2D eigenvalue weighted by Crippen LogP contribution is -2.50. The number of benzene rings is 2. The molecule has 1 aliphatic carbocycles. The number of carbonyl (C=O) groups is 6. The van der Waals surface area contributed by atoms with Gasteiger partial charge in [-0.05, 0) is 36.1 Å². The molecule has 16 heteroatoms. The van der Waals surface area contributed by atoms with E-state index in [9.17, 15) is 39.0 Å². The van der Waals surface area contributed by atoms with Gasteiger partial charge in [0.25, 0.3) is 0 Å². The number of phenolic OH excluding ortho intramolecular Hbond substituents is 2. The molecule has 0 fully saturated rings. The van der Waals surface area contributed by atoms with Crippen LogP contribution in [0.4, 0.5) is 21.0 Å². The van der Waals surface area contributed by atoms with Crippen molar-refractivity contribution in [1.29, 1.82) is 0 Å². The van der Waals surface area contributed by atoms with Crippen LogP contribution < -0.4 is 31.9 Å². The number of nitrogens with one attached hydrogen (secondary N) is 6. The van der Waals surface area contributed by atoms with Crippen molar-refractivity contribution in [2.24, 2.45) is 11.8 Å². The second kappa shape index (κ2) is 15.0. The van der Waals surface area contributed by atoms with E-state index in [1.165, 1.54) is 12.1 Å². The van der Waals surface area contributed by atoms with Gasteiger partial charge in [-0.2, -0.15) is 0 Å². The Morgan fingerprint density at radius 2 is 0.935 bits per heavy atom. The van der Waals surface area contributed by atoms with Crippen molar-refractivity contribution >= 4 is 46.9 Å². The molecule has 0 bridgehead atoms. The van der Waals surface area contributed by atoms with Crippen LogP contribution in [0.1, 0.15) is 59.5 Å². The quantitative estimate of drug-likeness (QED) is 0.0887. The van der Waals surface area contributed by atoms with Gasteiger partial charge >= 0.3 is 12.2 Å². The summed E-state index contributed by atoms with van der Waals surface area (Å²) in [5.74, 6) is -4.24. The smallest absolute Gasteiger partial charge is 0.405 e. The Morgan fingerprint density at radius 1 is 0.587 bits per heavy atom. The average molecular weight is 643 g/mol. The van der Waals surface area contributed by atoms with Gasteiger partial charge in [0.2, 0.25) is 23.4 Å². The molecule has 3 rings (SSSR count). The molecule has 0 saturated carbocycles. The summed E-state index contributed by atoms with van der Waals surface area (Å²) >= 11 is 0. The molecule has 16 nitrogen and oxygen atoms in total. The third-order valence-electron chi connectivity index (χ3n) is 7.21. The average Bonchev–Trinajstić information content (AvgIpc) is 2.98. The molecule has 0 heterocycles. The van der Waals surface area contributed by atoms with Gasteiger partial charge < -0.3 is 52.3 Å². The molecule has 2 aromatic carbocycles. The minimum Gasteiger partial charge on any atom is -0.507 e. The molecule has 10 N–H and O–H groups in total. The van der Waals surface area contributed by atoms with Gasteiger partial charge in [0.15, 0.2) is 0 Å². The molecular weight excluding hydrogens is 604 g/mol. The molecule has 46 heavy (non-hydrogen) atoms. The van der Waals surface area contributed by atoms with Crippen LogP contribution in [-0.4, -0.2) is 94.3 Å². The Balaban J connectivity index is 1.83. The molecule has 0 spiro atoms. The van der Waals surface area contributed by atoms with E-state index in [1.54, 1.807) is 27.7 Å². The monoisotopic (exact) mass is 642 g/mol. The van der Waals surface area contributed by atoms with Crippen LogP contribution in [0.25, 0.3) is 0 Å². The third-order valence-corrected chi connectivity index (χ3v) is 7.21. The predicted octanol–water partition coefficient (Wildman–Crippen LogP) is 1.51. The van der Waals surface area contributed by atoms with E-state index in [-0.39, 0.29) is 71.6 Å². The van der Waals surface area contributed by atoms with Gasteiger partial charge in [-0.3, -0.25) is 19.2 Å². The lowest BCUT2D eigenvalue weighted by atomic mass is 9.81. The standard InChI is InChI=1S/C30H38N6O10/c1-13(2)23(35-29(43)44)27(41)33-11-9-31-15-5-6-16(32-10-12-34-28(42)24(14(3)4)36-30(45)46)20-19(15)25(39)21-17(37)7-8-18(38)22(21)26(20)40/h5-8,13-14,23-24,31-32,35-38H,9-12H2,1-4H3,(H,33,41)(H,34,42)(H,43,44)(H,45,46)/t23-,24-/m0/s1. The summed E-state index contributed by atoms with van der Waals surface area (Å²) in [7, 11) is 0. The van der Waals surface area contributed by atoms with Crippen LogP contribution in [-0.2, 0) is 9.59 Å². The van der Waals surface area contributed by atoms with Crippen LogP contribution >= 0.6 is 0 Å². The number of ketones is 2. The topological polar surface area (TPSA) is 256 Å². The Bertz CT molecular complexity index is 1430. The second-order valence-electron chi connectivity index (χ2n) is 11.2. The lowest BCUT2D eigenvalue weighted by Gasteiger charge is -2.25. The molecule has 1 aliphatic rings. The maximum absolute atomic E-state index is 13.7. The van der Waals surface area contributed by atoms with Crippen molar-refractivity contribution in [1.82, 2.24) is 21.3 Å². The fraction of sp³-hybridized carbons (Fsp3) is 0.400. The van der Waals surface area contributed by atoms with Gasteiger partial charge in [-0.25, -0.2) is 9.59 Å². The fourth-order valence-corrected chi connectivity index (χ4v) is 4.98. The zero-order valence-corrected chi connectivity index (χ0v) is 25.7. The highest BCUT2D eigenvalue weighted by molar-refractivity contribution is 6.33. The molecule has 2 aromatic rings. The van der Waals surface area contributed by atoms with Crippen LogP contribution in [0.5, 0.6) is 11.5 Å². The summed E-state index contributed by atoms with van der Waals surface area (Å²) in [5.41, 5.74) is -0.558. The van der Waals surface area contributed by atoms with Gasteiger partial charge in [0.1, 0.15) is 23.6 Å². The van der Waals surface area contributed by atoms with Crippen LogP contribution in [0.3, 0.4) is 0 Å². The van der Waals surface area contributed by atoms with Crippen molar-refractivity contribution in [2.75, 3.05) is 36.8 Å². The largest absolute Gasteiger partial charge is 0.507 e. The number of amides is 4. The third kappa shape index (κ3) is 7.94. The normalized spacial score (nSPS) is 13.3.